The highest BCUT2D eigenvalue weighted by Gasteiger charge is 2.24. The molecular formula is C12H21N3O. The van der Waals surface area contributed by atoms with Crippen LogP contribution in [0.2, 0.25) is 0 Å². The van der Waals surface area contributed by atoms with Gasteiger partial charge in [-0.1, -0.05) is 12.2 Å². The van der Waals surface area contributed by atoms with E-state index >= 15 is 0 Å². The lowest BCUT2D eigenvalue weighted by Gasteiger charge is -2.32. The Morgan fingerprint density at radius 2 is 2.06 bits per heavy atom. The van der Waals surface area contributed by atoms with Crippen molar-refractivity contribution in [2.45, 2.75) is 25.3 Å². The van der Waals surface area contributed by atoms with Gasteiger partial charge in [-0.15, -0.1) is 0 Å². The summed E-state index contributed by atoms with van der Waals surface area (Å²) < 4.78 is 0. The molecule has 1 atom stereocenters. The topological polar surface area (TPSA) is 49.6 Å². The third-order valence-electron chi connectivity index (χ3n) is 3.45. The van der Waals surface area contributed by atoms with Gasteiger partial charge < -0.3 is 10.6 Å². The van der Waals surface area contributed by atoms with E-state index in [0.717, 1.165) is 38.9 Å². The lowest BCUT2D eigenvalue weighted by Crippen LogP contribution is -2.47. The Hall–Kier alpha value is -0.870. The second kappa shape index (κ2) is 5.46. The summed E-state index contributed by atoms with van der Waals surface area (Å²) in [4.78, 5) is 16.2. The molecule has 2 aliphatic heterocycles. The molecule has 2 heterocycles. The van der Waals surface area contributed by atoms with Crippen molar-refractivity contribution in [1.29, 1.82) is 0 Å². The molecule has 2 rings (SSSR count). The molecule has 1 fully saturated rings. The number of rotatable bonds is 3. The van der Waals surface area contributed by atoms with Crippen LogP contribution in [0, 0.1) is 0 Å². The van der Waals surface area contributed by atoms with Crippen LogP contribution in [-0.4, -0.2) is 54.5 Å². The third kappa shape index (κ3) is 2.62. The summed E-state index contributed by atoms with van der Waals surface area (Å²) in [6.07, 6.45) is 7.64. The molecule has 4 nitrogen and oxygen atoms in total. The fraction of sp³-hybridized carbons (Fsp3) is 0.750. The van der Waals surface area contributed by atoms with Crippen molar-refractivity contribution in [3.8, 4) is 0 Å². The number of amides is 1. The van der Waals surface area contributed by atoms with Crippen LogP contribution in [0.3, 0.4) is 0 Å². The Balaban J connectivity index is 1.87. The largest absolute Gasteiger partial charge is 0.342 e. The average molecular weight is 223 g/mol. The molecule has 0 bridgehead atoms. The first-order valence-corrected chi connectivity index (χ1v) is 6.20. The summed E-state index contributed by atoms with van der Waals surface area (Å²) in [5.74, 6) is 0.270. The van der Waals surface area contributed by atoms with Crippen LogP contribution in [-0.2, 0) is 4.79 Å². The molecule has 1 unspecified atom stereocenters. The zero-order valence-corrected chi connectivity index (χ0v) is 9.77. The quantitative estimate of drug-likeness (QED) is 0.695. The number of likely N-dealkylation sites (tertiary alicyclic amines) is 1. The number of hydrogen-bond acceptors (Lipinski definition) is 3. The standard InChI is InChI=1S/C12H21N3O/c13-9-11-5-1-2-8-15(11)10-12(16)14-6-3-4-7-14/h1,5,11H,2-4,6-10,13H2. The monoisotopic (exact) mass is 223 g/mol. The highest BCUT2D eigenvalue weighted by Crippen LogP contribution is 2.12. The van der Waals surface area contributed by atoms with Gasteiger partial charge in [-0.2, -0.15) is 0 Å². The minimum atomic E-state index is 0.250. The van der Waals surface area contributed by atoms with Crippen molar-refractivity contribution >= 4 is 5.91 Å². The maximum Gasteiger partial charge on any atom is 0.236 e. The second-order valence-corrected chi connectivity index (χ2v) is 4.58. The Morgan fingerprint density at radius 3 is 2.75 bits per heavy atom. The molecule has 2 N–H and O–H groups in total. The fourth-order valence-electron chi connectivity index (χ4n) is 2.45. The van der Waals surface area contributed by atoms with Crippen molar-refractivity contribution in [3.05, 3.63) is 12.2 Å². The molecule has 1 saturated heterocycles. The van der Waals surface area contributed by atoms with Gasteiger partial charge in [-0.3, -0.25) is 9.69 Å². The summed E-state index contributed by atoms with van der Waals surface area (Å²) in [6, 6.07) is 0.250. The molecule has 0 radical (unpaired) electrons. The van der Waals surface area contributed by atoms with E-state index in [1.54, 1.807) is 0 Å². The van der Waals surface area contributed by atoms with Gasteiger partial charge in [0.05, 0.1) is 6.54 Å². The predicted molar refractivity (Wildman–Crippen MR) is 64.0 cm³/mol. The molecule has 4 heteroatoms. The maximum absolute atomic E-state index is 12.0. The lowest BCUT2D eigenvalue weighted by molar-refractivity contribution is -0.131. The zero-order valence-electron chi connectivity index (χ0n) is 9.77. The van der Waals surface area contributed by atoms with E-state index in [1.165, 1.54) is 0 Å². The number of hydrogen-bond donors (Lipinski definition) is 1. The molecule has 0 spiro atoms. The number of nitrogens with two attached hydrogens (primary N) is 1. The van der Waals surface area contributed by atoms with Gasteiger partial charge in [0.15, 0.2) is 0 Å². The van der Waals surface area contributed by atoms with Gasteiger partial charge in [0.2, 0.25) is 5.91 Å². The maximum atomic E-state index is 12.0. The van der Waals surface area contributed by atoms with Crippen molar-refractivity contribution in [2.24, 2.45) is 5.73 Å². The van der Waals surface area contributed by atoms with E-state index in [2.05, 4.69) is 17.1 Å². The van der Waals surface area contributed by atoms with Gasteiger partial charge in [0.1, 0.15) is 0 Å². The van der Waals surface area contributed by atoms with E-state index < -0.39 is 0 Å². The SMILES string of the molecule is NCC1C=CCCN1CC(=O)N1CCCC1. The molecule has 2 aliphatic rings. The van der Waals surface area contributed by atoms with Crippen molar-refractivity contribution in [2.75, 3.05) is 32.7 Å². The molecule has 0 aromatic heterocycles. The first kappa shape index (κ1) is 11.6. The molecule has 16 heavy (non-hydrogen) atoms. The van der Waals surface area contributed by atoms with Crippen molar-refractivity contribution in [1.82, 2.24) is 9.80 Å². The normalized spacial score (nSPS) is 26.3. The Kier molecular flexibility index (Phi) is 3.96. The molecule has 1 amide bonds. The summed E-state index contributed by atoms with van der Waals surface area (Å²) in [7, 11) is 0. The van der Waals surface area contributed by atoms with Crippen molar-refractivity contribution < 1.29 is 4.79 Å². The summed E-state index contributed by atoms with van der Waals surface area (Å²) in [5.41, 5.74) is 5.71. The lowest BCUT2D eigenvalue weighted by atomic mass is 10.1. The van der Waals surface area contributed by atoms with E-state index in [1.807, 2.05) is 4.90 Å². The summed E-state index contributed by atoms with van der Waals surface area (Å²) in [6.45, 7) is 3.97. The highest BCUT2D eigenvalue weighted by molar-refractivity contribution is 5.78. The molecular weight excluding hydrogens is 202 g/mol. The number of carbonyl (C=O) groups excluding carboxylic acids is 1. The van der Waals surface area contributed by atoms with Crippen LogP contribution >= 0.6 is 0 Å². The van der Waals surface area contributed by atoms with Gasteiger partial charge in [-0.25, -0.2) is 0 Å². The Bertz CT molecular complexity index is 271. The first-order chi connectivity index (χ1) is 7.81. The van der Waals surface area contributed by atoms with E-state index in [-0.39, 0.29) is 11.9 Å². The number of nitrogens with zero attached hydrogens (tertiary/aromatic N) is 2. The van der Waals surface area contributed by atoms with E-state index in [9.17, 15) is 4.79 Å². The molecule has 0 aromatic rings. The van der Waals surface area contributed by atoms with Crippen LogP contribution in [0.25, 0.3) is 0 Å². The third-order valence-corrected chi connectivity index (χ3v) is 3.45. The van der Waals surface area contributed by atoms with Gasteiger partial charge in [0.25, 0.3) is 0 Å². The first-order valence-electron chi connectivity index (χ1n) is 6.20. The van der Waals surface area contributed by atoms with Crippen molar-refractivity contribution in [3.63, 3.8) is 0 Å². The highest BCUT2D eigenvalue weighted by atomic mass is 16.2. The predicted octanol–water partition coefficient (Wildman–Crippen LogP) is 0.198. The Morgan fingerprint density at radius 1 is 1.31 bits per heavy atom. The molecule has 0 aromatic carbocycles. The van der Waals surface area contributed by atoms with Crippen LogP contribution in [0.1, 0.15) is 19.3 Å². The molecule has 0 saturated carbocycles. The van der Waals surface area contributed by atoms with Crippen LogP contribution in [0.5, 0.6) is 0 Å². The smallest absolute Gasteiger partial charge is 0.236 e. The molecule has 0 aliphatic carbocycles. The van der Waals surface area contributed by atoms with Gasteiger partial charge >= 0.3 is 0 Å². The summed E-state index contributed by atoms with van der Waals surface area (Å²) in [5, 5.41) is 0. The average Bonchev–Trinajstić information content (AvgIpc) is 2.83. The van der Waals surface area contributed by atoms with E-state index in [4.69, 9.17) is 5.73 Å². The minimum absolute atomic E-state index is 0.250. The second-order valence-electron chi connectivity index (χ2n) is 4.58. The Labute approximate surface area is 97.1 Å². The van der Waals surface area contributed by atoms with Crippen LogP contribution in [0.15, 0.2) is 12.2 Å². The minimum Gasteiger partial charge on any atom is -0.342 e. The number of carbonyl (C=O) groups is 1. The summed E-state index contributed by atoms with van der Waals surface area (Å²) >= 11 is 0. The van der Waals surface area contributed by atoms with Crippen LogP contribution < -0.4 is 5.73 Å². The van der Waals surface area contributed by atoms with Gasteiger partial charge in [0, 0.05) is 32.2 Å². The van der Waals surface area contributed by atoms with E-state index in [0.29, 0.717) is 13.1 Å². The van der Waals surface area contributed by atoms with Gasteiger partial charge in [-0.05, 0) is 19.3 Å². The fourth-order valence-corrected chi connectivity index (χ4v) is 2.45. The zero-order chi connectivity index (χ0) is 11.4. The van der Waals surface area contributed by atoms with Crippen LogP contribution in [0.4, 0.5) is 0 Å². The molecule has 90 valence electrons.